The normalized spacial score (nSPS) is 17.8. The summed E-state index contributed by atoms with van der Waals surface area (Å²) >= 11 is 0. The summed E-state index contributed by atoms with van der Waals surface area (Å²) in [6.45, 7) is 2.73. The molecule has 0 radical (unpaired) electrons. The first-order valence-electron chi connectivity index (χ1n) is 12.7. The third-order valence-electron chi connectivity index (χ3n) is 7.73. The monoisotopic (exact) mass is 501 g/mol. The molecule has 2 amide bonds. The van der Waals surface area contributed by atoms with Crippen LogP contribution in [0, 0.1) is 5.95 Å². The van der Waals surface area contributed by atoms with Crippen molar-refractivity contribution in [1.82, 2.24) is 9.88 Å². The summed E-state index contributed by atoms with van der Waals surface area (Å²) in [6.07, 6.45) is 5.97. The second-order valence-corrected chi connectivity index (χ2v) is 9.94. The molecule has 3 aliphatic rings. The number of amides is 2. The van der Waals surface area contributed by atoms with Gasteiger partial charge in [-0.15, -0.1) is 0 Å². The number of nitrogens with zero attached hydrogens (tertiary/aromatic N) is 3. The molecule has 6 rings (SSSR count). The van der Waals surface area contributed by atoms with Gasteiger partial charge in [-0.25, -0.2) is 4.98 Å². The Bertz CT molecular complexity index is 1400. The number of methoxy groups -OCH3 is 1. The molecule has 1 saturated carbocycles. The van der Waals surface area contributed by atoms with E-state index in [2.05, 4.69) is 4.98 Å². The number of halogens is 1. The summed E-state index contributed by atoms with van der Waals surface area (Å²) in [5.41, 5.74) is 4.20. The van der Waals surface area contributed by atoms with Crippen LogP contribution in [0.25, 0.3) is 0 Å². The molecule has 190 valence electrons. The molecule has 2 aromatic carbocycles. The highest BCUT2D eigenvalue weighted by Gasteiger charge is 2.34. The first-order chi connectivity index (χ1) is 17.9. The number of hydrogen-bond acceptors (Lipinski definition) is 5. The minimum atomic E-state index is -0.667. The van der Waals surface area contributed by atoms with Crippen molar-refractivity contribution < 1.29 is 23.5 Å². The van der Waals surface area contributed by atoms with E-state index in [4.69, 9.17) is 9.47 Å². The van der Waals surface area contributed by atoms with Gasteiger partial charge in [0.15, 0.2) is 11.5 Å². The van der Waals surface area contributed by atoms with Crippen LogP contribution in [0.1, 0.15) is 76.1 Å². The van der Waals surface area contributed by atoms with Crippen molar-refractivity contribution in [3.8, 4) is 11.5 Å². The Morgan fingerprint density at radius 3 is 2.51 bits per heavy atom. The van der Waals surface area contributed by atoms with E-state index in [9.17, 15) is 14.0 Å². The van der Waals surface area contributed by atoms with Crippen molar-refractivity contribution in [3.05, 3.63) is 82.4 Å². The molecule has 2 aliphatic heterocycles. The van der Waals surface area contributed by atoms with E-state index in [-0.39, 0.29) is 24.0 Å². The number of fused-ring (bicyclic) bond motifs is 2. The molecule has 1 aliphatic carbocycles. The van der Waals surface area contributed by atoms with E-state index in [0.717, 1.165) is 42.5 Å². The van der Waals surface area contributed by atoms with Gasteiger partial charge in [-0.2, -0.15) is 4.39 Å². The number of aromatic nitrogens is 1. The largest absolute Gasteiger partial charge is 0.493 e. The summed E-state index contributed by atoms with van der Waals surface area (Å²) in [7, 11) is 1.62. The van der Waals surface area contributed by atoms with Crippen LogP contribution in [-0.2, 0) is 13.1 Å². The van der Waals surface area contributed by atoms with Crippen LogP contribution in [0.2, 0.25) is 0 Å². The molecule has 0 N–H and O–H groups in total. The van der Waals surface area contributed by atoms with Gasteiger partial charge in [0.25, 0.3) is 11.8 Å². The standard InChI is InChI=1S/C29H28FN3O4/c1-17(32-16-20-14-31-27(30)13-24(20)28(32)34)18-7-8-19-15-33(29(35)23(19)11-18)21-9-10-25(36-2)26(12-21)37-22-5-3-4-6-22/h7-14,17,22H,3-6,15-16H2,1-2H3. The molecule has 0 spiro atoms. The molecule has 1 aromatic heterocycles. The lowest BCUT2D eigenvalue weighted by molar-refractivity contribution is 0.0715. The molecule has 1 atom stereocenters. The molecule has 3 aromatic rings. The number of ether oxygens (including phenoxy) is 2. The average Bonchev–Trinajstić information content (AvgIpc) is 3.62. The van der Waals surface area contributed by atoms with Crippen LogP contribution in [0.15, 0.2) is 48.7 Å². The number of hydrogen-bond donors (Lipinski definition) is 0. The molecule has 7 nitrogen and oxygen atoms in total. The highest BCUT2D eigenvalue weighted by molar-refractivity contribution is 6.10. The maximum atomic E-state index is 13.6. The van der Waals surface area contributed by atoms with Crippen LogP contribution >= 0.6 is 0 Å². The highest BCUT2D eigenvalue weighted by Crippen LogP contribution is 2.39. The van der Waals surface area contributed by atoms with Crippen LogP contribution in [0.5, 0.6) is 11.5 Å². The average molecular weight is 502 g/mol. The minimum absolute atomic E-state index is 0.0941. The molecule has 0 saturated heterocycles. The van der Waals surface area contributed by atoms with E-state index in [1.54, 1.807) is 16.9 Å². The summed E-state index contributed by atoms with van der Waals surface area (Å²) in [5, 5.41) is 0. The number of carbonyl (C=O) groups is 2. The Kier molecular flexibility index (Phi) is 5.82. The fourth-order valence-corrected chi connectivity index (χ4v) is 5.58. The van der Waals surface area contributed by atoms with Crippen LogP contribution in [-0.4, -0.2) is 34.9 Å². The van der Waals surface area contributed by atoms with Gasteiger partial charge in [-0.1, -0.05) is 12.1 Å². The van der Waals surface area contributed by atoms with Gasteiger partial charge in [0.1, 0.15) is 0 Å². The maximum Gasteiger partial charge on any atom is 0.258 e. The van der Waals surface area contributed by atoms with Crippen LogP contribution < -0.4 is 14.4 Å². The molecular weight excluding hydrogens is 473 g/mol. The lowest BCUT2D eigenvalue weighted by Crippen LogP contribution is -2.27. The van der Waals surface area contributed by atoms with Crippen LogP contribution in [0.3, 0.4) is 0 Å². The molecule has 8 heteroatoms. The van der Waals surface area contributed by atoms with Crippen molar-refractivity contribution in [2.75, 3.05) is 12.0 Å². The molecule has 0 bridgehead atoms. The zero-order valence-electron chi connectivity index (χ0n) is 20.9. The van der Waals surface area contributed by atoms with E-state index in [1.807, 2.05) is 43.3 Å². The number of carbonyl (C=O) groups excluding carboxylic acids is 2. The molecule has 1 fully saturated rings. The summed E-state index contributed by atoms with van der Waals surface area (Å²) < 4.78 is 25.3. The lowest BCUT2D eigenvalue weighted by Gasteiger charge is -2.25. The zero-order chi connectivity index (χ0) is 25.7. The molecular formula is C29H28FN3O4. The highest BCUT2D eigenvalue weighted by atomic mass is 19.1. The summed E-state index contributed by atoms with van der Waals surface area (Å²) in [5.74, 6) is 0.319. The van der Waals surface area contributed by atoms with Gasteiger partial charge >= 0.3 is 0 Å². The predicted molar refractivity (Wildman–Crippen MR) is 135 cm³/mol. The Labute approximate surface area is 214 Å². The topological polar surface area (TPSA) is 72.0 Å². The van der Waals surface area contributed by atoms with E-state index in [1.165, 1.54) is 12.3 Å². The van der Waals surface area contributed by atoms with Crippen molar-refractivity contribution in [2.24, 2.45) is 0 Å². The second kappa shape index (κ2) is 9.18. The predicted octanol–water partition coefficient (Wildman–Crippen LogP) is 5.43. The molecule has 3 heterocycles. The summed E-state index contributed by atoms with van der Waals surface area (Å²) in [4.78, 5) is 33.6. The molecule has 1 unspecified atom stereocenters. The van der Waals surface area contributed by atoms with Crippen molar-refractivity contribution >= 4 is 17.5 Å². The van der Waals surface area contributed by atoms with E-state index in [0.29, 0.717) is 41.3 Å². The first kappa shape index (κ1) is 23.5. The van der Waals surface area contributed by atoms with E-state index < -0.39 is 5.95 Å². The Hall–Kier alpha value is -3.94. The second-order valence-electron chi connectivity index (χ2n) is 9.94. The van der Waals surface area contributed by atoms with Crippen LogP contribution in [0.4, 0.5) is 10.1 Å². The Balaban J connectivity index is 1.24. The van der Waals surface area contributed by atoms with Gasteiger partial charge in [0.2, 0.25) is 5.95 Å². The summed E-state index contributed by atoms with van der Waals surface area (Å²) in [6, 6.07) is 12.3. The fraction of sp³-hybridized carbons (Fsp3) is 0.345. The van der Waals surface area contributed by atoms with E-state index >= 15 is 0 Å². The molecule has 37 heavy (non-hydrogen) atoms. The Morgan fingerprint density at radius 2 is 1.73 bits per heavy atom. The fourth-order valence-electron chi connectivity index (χ4n) is 5.58. The minimum Gasteiger partial charge on any atom is -0.493 e. The number of pyridine rings is 1. The van der Waals surface area contributed by atoms with Crippen molar-refractivity contribution in [1.29, 1.82) is 0 Å². The SMILES string of the molecule is COc1ccc(N2Cc3ccc(C(C)N4Cc5cnc(F)cc5C4=O)cc3C2=O)cc1OC1CCCC1. The Morgan fingerprint density at radius 1 is 0.946 bits per heavy atom. The third-order valence-corrected chi connectivity index (χ3v) is 7.73. The van der Waals surface area contributed by atoms with Crippen molar-refractivity contribution in [2.45, 2.75) is 57.8 Å². The van der Waals surface area contributed by atoms with Gasteiger partial charge in [-0.05, 0) is 61.9 Å². The number of anilines is 1. The lowest BCUT2D eigenvalue weighted by atomic mass is 10.0. The van der Waals surface area contributed by atoms with Gasteiger partial charge in [0.05, 0.1) is 31.4 Å². The zero-order valence-corrected chi connectivity index (χ0v) is 20.9. The maximum absolute atomic E-state index is 13.6. The third kappa shape index (κ3) is 4.10. The van der Waals surface area contributed by atoms with Gasteiger partial charge in [-0.3, -0.25) is 9.59 Å². The van der Waals surface area contributed by atoms with Gasteiger partial charge < -0.3 is 19.3 Å². The smallest absolute Gasteiger partial charge is 0.258 e. The van der Waals surface area contributed by atoms with Gasteiger partial charge in [0, 0.05) is 41.7 Å². The van der Waals surface area contributed by atoms with Crippen molar-refractivity contribution in [3.63, 3.8) is 0 Å². The quantitative estimate of drug-likeness (QED) is 0.422. The first-order valence-corrected chi connectivity index (χ1v) is 12.7. The number of benzene rings is 2. The number of rotatable bonds is 6.